The molecule has 2 aromatic carbocycles. The first-order chi connectivity index (χ1) is 14.6. The lowest BCUT2D eigenvalue weighted by molar-refractivity contribution is -0.153. The number of amides is 1. The summed E-state index contributed by atoms with van der Waals surface area (Å²) in [5.74, 6) is -1.40. The molecule has 0 saturated heterocycles. The van der Waals surface area contributed by atoms with Crippen molar-refractivity contribution in [2.75, 3.05) is 5.32 Å². The van der Waals surface area contributed by atoms with Crippen molar-refractivity contribution in [2.24, 2.45) is 4.99 Å². The Balaban J connectivity index is 1.63. The molecule has 10 heteroatoms. The van der Waals surface area contributed by atoms with Gasteiger partial charge in [0, 0.05) is 16.8 Å². The minimum absolute atomic E-state index is 0.0442. The Kier molecular flexibility index (Phi) is 6.21. The normalized spacial score (nSPS) is 17.2. The van der Waals surface area contributed by atoms with Crippen LogP contribution in [0.15, 0.2) is 58.4 Å². The van der Waals surface area contributed by atoms with Crippen LogP contribution in [-0.2, 0) is 24.3 Å². The topological polar surface area (TPSA) is 131 Å². The van der Waals surface area contributed by atoms with Crippen molar-refractivity contribution in [3.05, 3.63) is 59.7 Å². The maximum absolute atomic E-state index is 12.4. The number of carbonyl (C=O) groups excluding carboxylic acids is 3. The molecule has 9 nitrogen and oxygen atoms in total. The second-order valence-electron chi connectivity index (χ2n) is 6.96. The zero-order chi connectivity index (χ0) is 22.8. The maximum atomic E-state index is 12.4. The lowest BCUT2D eigenvalue weighted by Gasteiger charge is -2.15. The zero-order valence-corrected chi connectivity index (χ0v) is 17.9. The highest BCUT2D eigenvalue weighted by molar-refractivity contribution is 7.90. The number of nitrogens with zero attached hydrogens (tertiary/aromatic N) is 1. The molecule has 2 aromatic rings. The van der Waals surface area contributed by atoms with E-state index in [9.17, 15) is 22.8 Å². The molecule has 1 heterocycles. The summed E-state index contributed by atoms with van der Waals surface area (Å²) in [4.78, 5) is 40.2. The van der Waals surface area contributed by atoms with Gasteiger partial charge in [-0.15, -0.1) is 0 Å². The fourth-order valence-electron chi connectivity index (χ4n) is 2.83. The molecule has 31 heavy (non-hydrogen) atoms. The average molecular weight is 443 g/mol. The number of hydrogen-bond donors (Lipinski definition) is 2. The van der Waals surface area contributed by atoms with Gasteiger partial charge in [0.1, 0.15) is 11.9 Å². The van der Waals surface area contributed by atoms with E-state index in [-0.39, 0.29) is 16.5 Å². The van der Waals surface area contributed by atoms with Crippen LogP contribution >= 0.6 is 0 Å². The molecule has 1 aliphatic heterocycles. The van der Waals surface area contributed by atoms with Crippen LogP contribution in [0.25, 0.3) is 0 Å². The highest BCUT2D eigenvalue weighted by Crippen LogP contribution is 2.22. The van der Waals surface area contributed by atoms with Crippen LogP contribution in [0.4, 0.5) is 5.69 Å². The van der Waals surface area contributed by atoms with Crippen molar-refractivity contribution < 1.29 is 27.5 Å². The van der Waals surface area contributed by atoms with Crippen molar-refractivity contribution in [3.8, 4) is 0 Å². The first kappa shape index (κ1) is 22.2. The van der Waals surface area contributed by atoms with E-state index in [1.165, 1.54) is 26.8 Å². The van der Waals surface area contributed by atoms with Crippen molar-refractivity contribution in [1.82, 2.24) is 4.72 Å². The zero-order valence-electron chi connectivity index (χ0n) is 17.1. The number of benzene rings is 2. The number of carbonyl (C=O) groups is 3. The van der Waals surface area contributed by atoms with Gasteiger partial charge in [0.15, 0.2) is 11.9 Å². The molecule has 2 atom stereocenters. The first-order valence-corrected chi connectivity index (χ1v) is 10.9. The second kappa shape index (κ2) is 8.68. The first-order valence-electron chi connectivity index (χ1n) is 9.41. The quantitative estimate of drug-likeness (QED) is 0.518. The minimum Gasteiger partial charge on any atom is -0.451 e. The van der Waals surface area contributed by atoms with Gasteiger partial charge in [0.25, 0.3) is 15.9 Å². The number of esters is 1. The Hall–Kier alpha value is -3.53. The third kappa shape index (κ3) is 4.97. The van der Waals surface area contributed by atoms with E-state index >= 15 is 0 Å². The molecule has 162 valence electrons. The number of fused-ring (bicyclic) bond motifs is 1. The van der Waals surface area contributed by atoms with Crippen LogP contribution in [0.5, 0.6) is 0 Å². The second-order valence-corrected chi connectivity index (χ2v) is 8.61. The number of sulfonamides is 1. The molecule has 1 amide bonds. The van der Waals surface area contributed by atoms with E-state index < -0.39 is 34.0 Å². The summed E-state index contributed by atoms with van der Waals surface area (Å²) >= 11 is 0. The van der Waals surface area contributed by atoms with Crippen LogP contribution in [0.1, 0.15) is 36.7 Å². The largest absolute Gasteiger partial charge is 0.451 e. The Labute approximate surface area is 179 Å². The van der Waals surface area contributed by atoms with Gasteiger partial charge >= 0.3 is 5.97 Å². The maximum Gasteiger partial charge on any atom is 0.331 e. The third-order valence-electron chi connectivity index (χ3n) is 4.55. The van der Waals surface area contributed by atoms with E-state index in [4.69, 9.17) is 4.74 Å². The molecule has 0 fully saturated rings. The molecule has 0 bridgehead atoms. The van der Waals surface area contributed by atoms with E-state index in [2.05, 4.69) is 15.0 Å². The molecular formula is C21H21N3O6S. The molecule has 3 rings (SSSR count). The number of ether oxygens (including phenoxy) is 1. The highest BCUT2D eigenvalue weighted by Gasteiger charge is 2.31. The predicted octanol–water partition coefficient (Wildman–Crippen LogP) is 1.89. The summed E-state index contributed by atoms with van der Waals surface area (Å²) in [6, 6.07) is 11.5. The lowest BCUT2D eigenvalue weighted by Crippen LogP contribution is -2.33. The molecule has 0 spiro atoms. The number of hydrogen-bond acceptors (Lipinski definition) is 7. The van der Waals surface area contributed by atoms with Gasteiger partial charge in [-0.05, 0) is 57.2 Å². The average Bonchev–Trinajstić information content (AvgIpc) is 2.98. The third-order valence-corrected chi connectivity index (χ3v) is 5.94. The number of nitrogens with one attached hydrogen (secondary N) is 2. The fraction of sp³-hybridized carbons (Fsp3) is 0.238. The van der Waals surface area contributed by atoms with Gasteiger partial charge in [0.2, 0.25) is 0 Å². The van der Waals surface area contributed by atoms with E-state index in [0.717, 1.165) is 0 Å². The van der Waals surface area contributed by atoms with Crippen LogP contribution in [-0.4, -0.2) is 44.1 Å². The molecule has 2 N–H and O–H groups in total. The summed E-state index contributed by atoms with van der Waals surface area (Å²) in [7, 11) is -3.72. The smallest absolute Gasteiger partial charge is 0.331 e. The van der Waals surface area contributed by atoms with E-state index in [0.29, 0.717) is 16.8 Å². The van der Waals surface area contributed by atoms with Gasteiger partial charge in [-0.1, -0.05) is 12.1 Å². The Morgan fingerprint density at radius 1 is 1.03 bits per heavy atom. The number of anilines is 1. The summed E-state index contributed by atoms with van der Waals surface area (Å²) in [6.45, 7) is 4.29. The van der Waals surface area contributed by atoms with Gasteiger partial charge in [-0.3, -0.25) is 19.3 Å². The number of ketones is 1. The van der Waals surface area contributed by atoms with Gasteiger partial charge < -0.3 is 10.1 Å². The van der Waals surface area contributed by atoms with Crippen LogP contribution in [0.2, 0.25) is 0 Å². The van der Waals surface area contributed by atoms with Crippen molar-refractivity contribution >= 4 is 39.2 Å². The van der Waals surface area contributed by atoms with Gasteiger partial charge in [0.05, 0.1) is 4.90 Å². The number of aliphatic imine (C=N–C) groups is 1. The lowest BCUT2D eigenvalue weighted by atomic mass is 10.1. The predicted molar refractivity (Wildman–Crippen MR) is 113 cm³/mol. The van der Waals surface area contributed by atoms with Crippen LogP contribution < -0.4 is 10.0 Å². The fourth-order valence-corrected chi connectivity index (χ4v) is 4.07. The Bertz CT molecular complexity index is 1170. The summed E-state index contributed by atoms with van der Waals surface area (Å²) in [5.41, 5.74) is 1.32. The van der Waals surface area contributed by atoms with Crippen molar-refractivity contribution in [2.45, 2.75) is 37.8 Å². The molecule has 0 aliphatic carbocycles. The van der Waals surface area contributed by atoms with E-state index in [1.54, 1.807) is 42.5 Å². The molecular weight excluding hydrogens is 422 g/mol. The van der Waals surface area contributed by atoms with Crippen LogP contribution in [0, 0.1) is 0 Å². The van der Waals surface area contributed by atoms with Crippen LogP contribution in [0.3, 0.4) is 0 Å². The number of rotatable bonds is 6. The summed E-state index contributed by atoms with van der Waals surface area (Å²) < 4.78 is 31.8. The summed E-state index contributed by atoms with van der Waals surface area (Å²) in [6.07, 6.45) is -1.12. The molecule has 1 aliphatic rings. The monoisotopic (exact) mass is 443 g/mol. The Morgan fingerprint density at radius 3 is 2.32 bits per heavy atom. The summed E-state index contributed by atoms with van der Waals surface area (Å²) in [5, 5.41) is 2.59. The van der Waals surface area contributed by atoms with E-state index in [1.807, 2.05) is 0 Å². The number of Topliss-reactive ketones (excluding diaryl/α,β-unsaturated/α-hetero) is 1. The van der Waals surface area contributed by atoms with Crippen molar-refractivity contribution in [3.63, 3.8) is 0 Å². The Morgan fingerprint density at radius 2 is 1.68 bits per heavy atom. The highest BCUT2D eigenvalue weighted by atomic mass is 32.2. The minimum atomic E-state index is -3.72. The molecule has 0 radical (unpaired) electrons. The van der Waals surface area contributed by atoms with Crippen molar-refractivity contribution in [1.29, 1.82) is 0 Å². The molecule has 0 saturated carbocycles. The van der Waals surface area contributed by atoms with Gasteiger partial charge in [-0.2, -0.15) is 0 Å². The SMILES string of the molecule is CC(=O)c1ccc(NC(=O)C(C)OC(=O)[C@H](C)N=C2NS(=O)(=O)c3ccccc32)cc1. The molecule has 0 aromatic heterocycles. The van der Waals surface area contributed by atoms with Gasteiger partial charge in [-0.25, -0.2) is 13.2 Å². The standard InChI is InChI=1S/C21H21N3O6S/c1-12(22-19-17-6-4-5-7-18(17)31(28,29)24-19)21(27)30-14(3)20(26)23-16-10-8-15(9-11-16)13(2)25/h4-12,14H,1-3H3,(H,22,24)(H,23,26)/t12-,14?/m0/s1. The molecule has 1 unspecified atom stereocenters. The number of amidine groups is 1.